The Labute approximate surface area is 204 Å². The quantitative estimate of drug-likeness (QED) is 0.468. The van der Waals surface area contributed by atoms with Crippen LogP contribution < -0.4 is 10.1 Å². The Morgan fingerprint density at radius 3 is 2.36 bits per heavy atom. The van der Waals surface area contributed by atoms with Gasteiger partial charge in [0, 0.05) is 30.1 Å². The second-order valence-electron chi connectivity index (χ2n) is 7.61. The van der Waals surface area contributed by atoms with Gasteiger partial charge in [0.2, 0.25) is 11.8 Å². The Kier molecular flexibility index (Phi) is 8.75. The predicted molar refractivity (Wildman–Crippen MR) is 132 cm³/mol. The highest BCUT2D eigenvalue weighted by Gasteiger charge is 2.30. The topological polar surface area (TPSA) is 58.6 Å². The summed E-state index contributed by atoms with van der Waals surface area (Å²) in [6.07, 6.45) is 0.423. The lowest BCUT2D eigenvalue weighted by molar-refractivity contribution is -0.140. The molecule has 0 aliphatic carbocycles. The van der Waals surface area contributed by atoms with Crippen LogP contribution in [0.25, 0.3) is 0 Å². The summed E-state index contributed by atoms with van der Waals surface area (Å²) in [6, 6.07) is 21.4. The number of hydrogen-bond donors (Lipinski definition) is 1. The third-order valence-corrected chi connectivity index (χ3v) is 5.95. The van der Waals surface area contributed by atoms with Gasteiger partial charge in [-0.3, -0.25) is 9.59 Å². The standard InChI is InChI=1S/C26H26Cl2N2O3/c1-29-26(32)24(14-18-7-4-3-5-8-18)30(17-19-9-6-10-22(13-19)33-2)25(31)15-20-11-12-21(27)16-23(20)28/h3-13,16,24H,14-15,17H2,1-2H3,(H,29,32)/t24-/m0/s1. The number of halogens is 2. The van der Waals surface area contributed by atoms with Crippen molar-refractivity contribution >= 4 is 35.0 Å². The van der Waals surface area contributed by atoms with Crippen LogP contribution in [0.15, 0.2) is 72.8 Å². The van der Waals surface area contributed by atoms with Crippen LogP contribution in [-0.2, 0) is 29.0 Å². The van der Waals surface area contributed by atoms with Crippen molar-refractivity contribution in [3.8, 4) is 5.75 Å². The largest absolute Gasteiger partial charge is 0.497 e. The molecule has 0 heterocycles. The minimum absolute atomic E-state index is 0.0439. The number of likely N-dealkylation sites (N-methyl/N-ethyl adjacent to an activating group) is 1. The molecular formula is C26H26Cl2N2O3. The number of rotatable bonds is 9. The maximum Gasteiger partial charge on any atom is 0.242 e. The lowest BCUT2D eigenvalue weighted by Gasteiger charge is -2.31. The van der Waals surface area contributed by atoms with Crippen LogP contribution in [0.2, 0.25) is 10.0 Å². The van der Waals surface area contributed by atoms with E-state index in [0.717, 1.165) is 11.1 Å². The monoisotopic (exact) mass is 484 g/mol. The number of carbonyl (C=O) groups excluding carboxylic acids is 2. The van der Waals surface area contributed by atoms with E-state index in [2.05, 4.69) is 5.32 Å². The SMILES string of the molecule is CNC(=O)[C@H](Cc1ccccc1)N(Cc1cccc(OC)c1)C(=O)Cc1ccc(Cl)cc1Cl. The highest BCUT2D eigenvalue weighted by atomic mass is 35.5. The van der Waals surface area contributed by atoms with Gasteiger partial charge in [0.25, 0.3) is 0 Å². The smallest absolute Gasteiger partial charge is 0.242 e. The number of ether oxygens (including phenoxy) is 1. The fourth-order valence-electron chi connectivity index (χ4n) is 3.62. The molecule has 0 saturated heterocycles. The lowest BCUT2D eigenvalue weighted by atomic mass is 10.0. The maximum atomic E-state index is 13.6. The summed E-state index contributed by atoms with van der Waals surface area (Å²) in [5.74, 6) is 0.226. The van der Waals surface area contributed by atoms with Gasteiger partial charge in [0.1, 0.15) is 11.8 Å². The first-order valence-corrected chi connectivity index (χ1v) is 11.3. The summed E-state index contributed by atoms with van der Waals surface area (Å²) in [5.41, 5.74) is 2.46. The Balaban J connectivity index is 1.97. The molecule has 0 unspecified atom stereocenters. The van der Waals surface area contributed by atoms with Crippen molar-refractivity contribution in [3.63, 3.8) is 0 Å². The molecule has 0 spiro atoms. The van der Waals surface area contributed by atoms with Crippen molar-refractivity contribution in [1.82, 2.24) is 10.2 Å². The van der Waals surface area contributed by atoms with Crippen LogP contribution in [0.3, 0.4) is 0 Å². The molecule has 3 rings (SSSR count). The Morgan fingerprint density at radius 2 is 1.70 bits per heavy atom. The molecule has 3 aromatic carbocycles. The summed E-state index contributed by atoms with van der Waals surface area (Å²) >= 11 is 12.3. The summed E-state index contributed by atoms with van der Waals surface area (Å²) in [6.45, 7) is 0.242. The average Bonchev–Trinajstić information content (AvgIpc) is 2.83. The van der Waals surface area contributed by atoms with Gasteiger partial charge in [0.15, 0.2) is 0 Å². The minimum atomic E-state index is -0.706. The average molecular weight is 485 g/mol. The molecule has 0 aliphatic heterocycles. The van der Waals surface area contributed by atoms with Crippen LogP contribution in [0.1, 0.15) is 16.7 Å². The van der Waals surface area contributed by atoms with Crippen molar-refractivity contribution in [2.24, 2.45) is 0 Å². The number of methoxy groups -OCH3 is 1. The zero-order valence-electron chi connectivity index (χ0n) is 18.6. The first kappa shape index (κ1) is 24.6. The Hall–Kier alpha value is -3.02. The third-order valence-electron chi connectivity index (χ3n) is 5.36. The van der Waals surface area contributed by atoms with Gasteiger partial charge in [-0.25, -0.2) is 0 Å². The Bertz CT molecular complexity index is 1110. The number of nitrogens with zero attached hydrogens (tertiary/aromatic N) is 1. The van der Waals surface area contributed by atoms with E-state index in [-0.39, 0.29) is 24.8 Å². The fourth-order valence-corrected chi connectivity index (χ4v) is 4.09. The van der Waals surface area contributed by atoms with Crippen LogP contribution in [-0.4, -0.2) is 36.9 Å². The first-order chi connectivity index (χ1) is 15.9. The van der Waals surface area contributed by atoms with Crippen LogP contribution in [0, 0.1) is 0 Å². The Morgan fingerprint density at radius 1 is 0.970 bits per heavy atom. The summed E-state index contributed by atoms with van der Waals surface area (Å²) < 4.78 is 5.33. The van der Waals surface area contributed by atoms with Crippen molar-refractivity contribution in [3.05, 3.63) is 99.5 Å². The number of benzene rings is 3. The molecule has 7 heteroatoms. The van der Waals surface area contributed by atoms with E-state index >= 15 is 0 Å². The molecule has 0 bridgehead atoms. The van der Waals surface area contributed by atoms with Gasteiger partial charge in [-0.2, -0.15) is 0 Å². The number of hydrogen-bond acceptors (Lipinski definition) is 3. The molecule has 2 amide bonds. The second-order valence-corrected chi connectivity index (χ2v) is 8.45. The normalized spacial score (nSPS) is 11.5. The zero-order chi connectivity index (χ0) is 23.8. The van der Waals surface area contributed by atoms with Gasteiger partial charge >= 0.3 is 0 Å². The first-order valence-electron chi connectivity index (χ1n) is 10.5. The van der Waals surface area contributed by atoms with Crippen LogP contribution >= 0.6 is 23.2 Å². The summed E-state index contributed by atoms with van der Waals surface area (Å²) in [5, 5.41) is 3.62. The minimum Gasteiger partial charge on any atom is -0.497 e. The van der Waals surface area contributed by atoms with E-state index in [1.54, 1.807) is 37.3 Å². The van der Waals surface area contributed by atoms with E-state index in [1.807, 2.05) is 54.6 Å². The molecule has 1 N–H and O–H groups in total. The molecule has 172 valence electrons. The van der Waals surface area contributed by atoms with E-state index in [9.17, 15) is 9.59 Å². The number of carbonyl (C=O) groups is 2. The van der Waals surface area contributed by atoms with Crippen molar-refractivity contribution in [2.45, 2.75) is 25.4 Å². The fraction of sp³-hybridized carbons (Fsp3) is 0.231. The highest BCUT2D eigenvalue weighted by molar-refractivity contribution is 6.35. The van der Waals surface area contributed by atoms with Gasteiger partial charge in [0.05, 0.1) is 13.5 Å². The lowest BCUT2D eigenvalue weighted by Crippen LogP contribution is -2.50. The van der Waals surface area contributed by atoms with Crippen molar-refractivity contribution < 1.29 is 14.3 Å². The van der Waals surface area contributed by atoms with Gasteiger partial charge < -0.3 is 15.0 Å². The zero-order valence-corrected chi connectivity index (χ0v) is 20.1. The molecule has 0 fully saturated rings. The third kappa shape index (κ3) is 6.73. The highest BCUT2D eigenvalue weighted by Crippen LogP contribution is 2.24. The molecule has 5 nitrogen and oxygen atoms in total. The van der Waals surface area contributed by atoms with E-state index < -0.39 is 6.04 Å². The van der Waals surface area contributed by atoms with Crippen molar-refractivity contribution in [2.75, 3.05) is 14.2 Å². The predicted octanol–water partition coefficient (Wildman–Crippen LogP) is 4.93. The van der Waals surface area contributed by atoms with Gasteiger partial charge in [-0.1, -0.05) is 71.7 Å². The van der Waals surface area contributed by atoms with E-state index in [1.165, 1.54) is 0 Å². The molecule has 33 heavy (non-hydrogen) atoms. The summed E-state index contributed by atoms with van der Waals surface area (Å²) in [7, 11) is 3.16. The maximum absolute atomic E-state index is 13.6. The van der Waals surface area contributed by atoms with Crippen molar-refractivity contribution in [1.29, 1.82) is 0 Å². The van der Waals surface area contributed by atoms with Gasteiger partial charge in [-0.15, -0.1) is 0 Å². The molecule has 0 radical (unpaired) electrons. The van der Waals surface area contributed by atoms with Gasteiger partial charge in [-0.05, 0) is 41.0 Å². The van der Waals surface area contributed by atoms with Crippen LogP contribution in [0.4, 0.5) is 0 Å². The molecular weight excluding hydrogens is 459 g/mol. The number of nitrogens with one attached hydrogen (secondary N) is 1. The van der Waals surface area contributed by atoms with E-state index in [4.69, 9.17) is 27.9 Å². The molecule has 3 aromatic rings. The van der Waals surface area contributed by atoms with Crippen LogP contribution in [0.5, 0.6) is 5.75 Å². The summed E-state index contributed by atoms with van der Waals surface area (Å²) in [4.78, 5) is 28.2. The van der Waals surface area contributed by atoms with E-state index in [0.29, 0.717) is 27.8 Å². The number of amides is 2. The molecule has 0 saturated carbocycles. The molecule has 1 atom stereocenters. The second kappa shape index (κ2) is 11.7. The molecule has 0 aliphatic rings. The molecule has 0 aromatic heterocycles.